The molecule has 0 spiro atoms. The lowest BCUT2D eigenvalue weighted by Crippen LogP contribution is -1.98. The Bertz CT molecular complexity index is 1040. The van der Waals surface area contributed by atoms with Crippen molar-refractivity contribution < 1.29 is 4.39 Å². The first kappa shape index (κ1) is 15.5. The number of aryl methyl sites for hydroxylation is 1. The number of aromatic nitrogens is 4. The average Bonchev–Trinajstić information content (AvgIpc) is 2.94. The summed E-state index contributed by atoms with van der Waals surface area (Å²) in [5, 5.41) is 3.51. The molecule has 7 heteroatoms. The van der Waals surface area contributed by atoms with E-state index in [1.165, 1.54) is 12.4 Å². The molecule has 0 saturated carbocycles. The van der Waals surface area contributed by atoms with Crippen LogP contribution in [0.3, 0.4) is 0 Å². The second-order valence-electron chi connectivity index (χ2n) is 5.48. The van der Waals surface area contributed by atoms with E-state index in [1.54, 1.807) is 23.7 Å². The normalized spacial score (nSPS) is 11.0. The number of nitrogens with zero attached hydrogens (tertiary/aromatic N) is 4. The van der Waals surface area contributed by atoms with Crippen LogP contribution in [0.25, 0.3) is 22.6 Å². The minimum absolute atomic E-state index is 0.246. The standard InChI is InChI=1S/C18H13ClFN5/c1-25-17(14-12(19)8-5-9-13(14)20)24-15-16(21-10-22-18(15)25)23-11-6-3-2-4-7-11/h2-10H,1H3,(H,21,22,23). The summed E-state index contributed by atoms with van der Waals surface area (Å²) in [7, 11) is 1.77. The van der Waals surface area contributed by atoms with Gasteiger partial charge in [-0.2, -0.15) is 0 Å². The van der Waals surface area contributed by atoms with Gasteiger partial charge in [0.25, 0.3) is 0 Å². The van der Waals surface area contributed by atoms with Gasteiger partial charge in [-0.3, -0.25) is 0 Å². The van der Waals surface area contributed by atoms with E-state index >= 15 is 0 Å². The molecule has 0 bridgehead atoms. The van der Waals surface area contributed by atoms with Gasteiger partial charge in [-0.05, 0) is 24.3 Å². The molecule has 25 heavy (non-hydrogen) atoms. The molecular formula is C18H13ClFN5. The Labute approximate surface area is 148 Å². The average molecular weight is 354 g/mol. The molecule has 2 aromatic carbocycles. The molecule has 2 aromatic heterocycles. The van der Waals surface area contributed by atoms with Crippen LogP contribution in [0, 0.1) is 5.82 Å². The van der Waals surface area contributed by atoms with Crippen molar-refractivity contribution in [1.29, 1.82) is 0 Å². The van der Waals surface area contributed by atoms with Crippen LogP contribution in [0.1, 0.15) is 0 Å². The molecule has 4 rings (SSSR count). The van der Waals surface area contributed by atoms with Crippen molar-refractivity contribution >= 4 is 34.3 Å². The second kappa shape index (κ2) is 6.14. The SMILES string of the molecule is Cn1c(-c2c(F)cccc2Cl)nc2c(Nc3ccccc3)ncnc21. The monoisotopic (exact) mass is 353 g/mol. The highest BCUT2D eigenvalue weighted by Crippen LogP contribution is 2.33. The lowest BCUT2D eigenvalue weighted by molar-refractivity contribution is 0.629. The van der Waals surface area contributed by atoms with E-state index < -0.39 is 5.82 Å². The Morgan fingerprint density at radius 3 is 2.60 bits per heavy atom. The number of nitrogens with one attached hydrogen (secondary N) is 1. The predicted molar refractivity (Wildman–Crippen MR) is 96.4 cm³/mol. The molecule has 4 aromatic rings. The summed E-state index contributed by atoms with van der Waals surface area (Å²) >= 11 is 6.19. The first-order chi connectivity index (χ1) is 12.1. The van der Waals surface area contributed by atoms with Crippen molar-refractivity contribution in [1.82, 2.24) is 19.5 Å². The summed E-state index contributed by atoms with van der Waals surface area (Å²) in [6, 6.07) is 14.2. The van der Waals surface area contributed by atoms with Crippen LogP contribution in [-0.2, 0) is 7.05 Å². The van der Waals surface area contributed by atoms with Gasteiger partial charge in [0, 0.05) is 12.7 Å². The van der Waals surface area contributed by atoms with Gasteiger partial charge in [0.1, 0.15) is 18.0 Å². The molecule has 0 aliphatic heterocycles. The summed E-state index contributed by atoms with van der Waals surface area (Å²) in [5.41, 5.74) is 2.25. The van der Waals surface area contributed by atoms with E-state index in [0.717, 1.165) is 5.69 Å². The zero-order valence-corrected chi connectivity index (χ0v) is 14.0. The van der Waals surface area contributed by atoms with Crippen molar-refractivity contribution in [3.8, 4) is 11.4 Å². The highest BCUT2D eigenvalue weighted by Gasteiger charge is 2.19. The first-order valence-electron chi connectivity index (χ1n) is 7.59. The minimum atomic E-state index is -0.434. The van der Waals surface area contributed by atoms with E-state index in [4.69, 9.17) is 11.6 Å². The number of fused-ring (bicyclic) bond motifs is 1. The van der Waals surface area contributed by atoms with Crippen LogP contribution in [0.4, 0.5) is 15.9 Å². The number of hydrogen-bond acceptors (Lipinski definition) is 4. The van der Waals surface area contributed by atoms with Gasteiger partial charge < -0.3 is 9.88 Å². The Kier molecular flexibility index (Phi) is 3.82. The zero-order valence-electron chi connectivity index (χ0n) is 13.2. The van der Waals surface area contributed by atoms with E-state index in [1.807, 2.05) is 30.3 Å². The second-order valence-corrected chi connectivity index (χ2v) is 5.88. The number of halogens is 2. The fourth-order valence-electron chi connectivity index (χ4n) is 2.68. The predicted octanol–water partition coefficient (Wildman–Crippen LogP) is 4.57. The number of imidazole rings is 1. The van der Waals surface area contributed by atoms with Gasteiger partial charge >= 0.3 is 0 Å². The Morgan fingerprint density at radius 2 is 1.84 bits per heavy atom. The third-order valence-corrected chi connectivity index (χ3v) is 4.19. The zero-order chi connectivity index (χ0) is 17.4. The summed E-state index contributed by atoms with van der Waals surface area (Å²) < 4.78 is 16.0. The van der Waals surface area contributed by atoms with Gasteiger partial charge in [0.2, 0.25) is 0 Å². The van der Waals surface area contributed by atoms with Gasteiger partial charge in [-0.1, -0.05) is 35.9 Å². The van der Waals surface area contributed by atoms with Gasteiger partial charge in [0.05, 0.1) is 10.6 Å². The molecule has 0 unspecified atom stereocenters. The van der Waals surface area contributed by atoms with Gasteiger partial charge in [-0.15, -0.1) is 0 Å². The Balaban J connectivity index is 1.89. The molecular weight excluding hydrogens is 341 g/mol. The maximum absolute atomic E-state index is 14.3. The molecule has 0 atom stereocenters. The van der Waals surface area contributed by atoms with Crippen LogP contribution < -0.4 is 5.32 Å². The summed E-state index contributed by atoms with van der Waals surface area (Å²) in [6.45, 7) is 0. The van der Waals surface area contributed by atoms with E-state index in [0.29, 0.717) is 27.8 Å². The summed E-state index contributed by atoms with van der Waals surface area (Å²) in [6.07, 6.45) is 1.45. The molecule has 2 heterocycles. The van der Waals surface area contributed by atoms with Crippen molar-refractivity contribution in [3.63, 3.8) is 0 Å². The highest BCUT2D eigenvalue weighted by molar-refractivity contribution is 6.33. The maximum atomic E-state index is 14.3. The largest absolute Gasteiger partial charge is 0.338 e. The Hall–Kier alpha value is -2.99. The van der Waals surface area contributed by atoms with Crippen molar-refractivity contribution in [2.75, 3.05) is 5.32 Å². The maximum Gasteiger partial charge on any atom is 0.165 e. The fourth-order valence-corrected chi connectivity index (χ4v) is 2.93. The topological polar surface area (TPSA) is 55.6 Å². The lowest BCUT2D eigenvalue weighted by atomic mass is 10.2. The number of hydrogen-bond donors (Lipinski definition) is 1. The molecule has 5 nitrogen and oxygen atoms in total. The van der Waals surface area contributed by atoms with E-state index in [-0.39, 0.29) is 5.56 Å². The first-order valence-corrected chi connectivity index (χ1v) is 7.97. The minimum Gasteiger partial charge on any atom is -0.338 e. The molecule has 0 amide bonds. The van der Waals surface area contributed by atoms with Crippen LogP contribution in [0.15, 0.2) is 54.9 Å². The summed E-state index contributed by atoms with van der Waals surface area (Å²) in [4.78, 5) is 13.1. The molecule has 1 N–H and O–H groups in total. The number of rotatable bonds is 3. The third kappa shape index (κ3) is 2.70. The molecule has 0 aliphatic carbocycles. The van der Waals surface area contributed by atoms with E-state index in [2.05, 4.69) is 20.3 Å². The van der Waals surface area contributed by atoms with Crippen LogP contribution in [0.5, 0.6) is 0 Å². The fraction of sp³-hybridized carbons (Fsp3) is 0.0556. The molecule has 0 aliphatic rings. The molecule has 0 radical (unpaired) electrons. The van der Waals surface area contributed by atoms with Crippen molar-refractivity contribution in [2.24, 2.45) is 7.05 Å². The summed E-state index contributed by atoms with van der Waals surface area (Å²) in [5.74, 6) is 0.511. The smallest absolute Gasteiger partial charge is 0.165 e. The lowest BCUT2D eigenvalue weighted by Gasteiger charge is -2.05. The van der Waals surface area contributed by atoms with Crippen molar-refractivity contribution in [3.05, 3.63) is 65.7 Å². The van der Waals surface area contributed by atoms with Crippen molar-refractivity contribution in [2.45, 2.75) is 0 Å². The number of benzene rings is 2. The Morgan fingerprint density at radius 1 is 1.04 bits per heavy atom. The van der Waals surface area contributed by atoms with E-state index in [9.17, 15) is 4.39 Å². The van der Waals surface area contributed by atoms with Crippen LogP contribution in [-0.4, -0.2) is 19.5 Å². The molecule has 0 saturated heterocycles. The third-order valence-electron chi connectivity index (χ3n) is 3.88. The highest BCUT2D eigenvalue weighted by atomic mass is 35.5. The number of anilines is 2. The molecule has 0 fully saturated rings. The van der Waals surface area contributed by atoms with Crippen LogP contribution in [0.2, 0.25) is 5.02 Å². The van der Waals surface area contributed by atoms with Gasteiger partial charge in [0.15, 0.2) is 17.0 Å². The quantitative estimate of drug-likeness (QED) is 0.586. The number of para-hydroxylation sites is 1. The van der Waals surface area contributed by atoms with Gasteiger partial charge in [-0.25, -0.2) is 19.3 Å². The van der Waals surface area contributed by atoms with Crippen LogP contribution >= 0.6 is 11.6 Å². The molecule has 124 valence electrons.